The van der Waals surface area contributed by atoms with Crippen LogP contribution in [0.2, 0.25) is 0 Å². The van der Waals surface area contributed by atoms with Crippen LogP contribution in [0.15, 0.2) is 29.3 Å². The van der Waals surface area contributed by atoms with Gasteiger partial charge in [-0.3, -0.25) is 9.79 Å². The van der Waals surface area contributed by atoms with Crippen LogP contribution in [0.3, 0.4) is 0 Å². The number of para-hydroxylation sites is 2. The lowest BCUT2D eigenvalue weighted by atomic mass is 9.83. The van der Waals surface area contributed by atoms with Crippen molar-refractivity contribution in [3.05, 3.63) is 24.3 Å². The van der Waals surface area contributed by atoms with E-state index in [0.29, 0.717) is 12.0 Å². The van der Waals surface area contributed by atoms with Gasteiger partial charge in [0, 0.05) is 40.4 Å². The Kier molecular flexibility index (Phi) is 7.75. The van der Waals surface area contributed by atoms with Crippen LogP contribution in [0.4, 0.5) is 5.69 Å². The van der Waals surface area contributed by atoms with Crippen LogP contribution in [0.5, 0.6) is 5.75 Å². The number of hydrogen-bond donors (Lipinski definition) is 2. The molecule has 0 saturated heterocycles. The molecule has 7 nitrogen and oxygen atoms in total. The zero-order valence-electron chi connectivity index (χ0n) is 17.7. The van der Waals surface area contributed by atoms with Gasteiger partial charge >= 0.3 is 0 Å². The Balaban J connectivity index is 1.44. The highest BCUT2D eigenvalue weighted by Crippen LogP contribution is 2.40. The van der Waals surface area contributed by atoms with E-state index in [2.05, 4.69) is 15.6 Å². The molecule has 0 aromatic heterocycles. The first-order valence-electron chi connectivity index (χ1n) is 10.6. The number of ether oxygens (including phenoxy) is 2. The van der Waals surface area contributed by atoms with Crippen LogP contribution in [0.1, 0.15) is 38.5 Å². The zero-order chi connectivity index (χ0) is 20.5. The molecule has 160 valence electrons. The predicted octanol–water partition coefficient (Wildman–Crippen LogP) is 2.56. The number of guanidine groups is 1. The van der Waals surface area contributed by atoms with Crippen molar-refractivity contribution in [2.45, 2.75) is 38.5 Å². The number of hydrogen-bond acceptors (Lipinski definition) is 4. The SMILES string of the molecule is CN=C(NCCCN1C(=O)COc2ccccc21)NCC1(CCOC)CCCC1. The Morgan fingerprint density at radius 3 is 2.83 bits per heavy atom. The first-order chi connectivity index (χ1) is 14.2. The van der Waals surface area contributed by atoms with Gasteiger partial charge in [0.25, 0.3) is 5.91 Å². The van der Waals surface area contributed by atoms with E-state index in [1.165, 1.54) is 25.7 Å². The number of rotatable bonds is 9. The number of nitrogens with one attached hydrogen (secondary N) is 2. The Labute approximate surface area is 173 Å². The molecule has 1 amide bonds. The molecule has 0 radical (unpaired) electrons. The van der Waals surface area contributed by atoms with Gasteiger partial charge in [-0.15, -0.1) is 0 Å². The highest BCUT2D eigenvalue weighted by Gasteiger charge is 2.33. The van der Waals surface area contributed by atoms with Crippen LogP contribution in [0, 0.1) is 5.41 Å². The van der Waals surface area contributed by atoms with E-state index in [-0.39, 0.29) is 12.5 Å². The van der Waals surface area contributed by atoms with E-state index in [0.717, 1.165) is 49.9 Å². The average molecular weight is 403 g/mol. The molecule has 0 unspecified atom stereocenters. The number of carbonyl (C=O) groups excluding carboxylic acids is 1. The van der Waals surface area contributed by atoms with E-state index >= 15 is 0 Å². The summed E-state index contributed by atoms with van der Waals surface area (Å²) in [4.78, 5) is 18.4. The van der Waals surface area contributed by atoms with Crippen molar-refractivity contribution >= 4 is 17.6 Å². The molecular formula is C22H34N4O3. The van der Waals surface area contributed by atoms with E-state index < -0.39 is 0 Å². The number of carbonyl (C=O) groups is 1. The molecule has 2 N–H and O–H groups in total. The molecule has 0 spiro atoms. The van der Waals surface area contributed by atoms with Crippen molar-refractivity contribution in [3.63, 3.8) is 0 Å². The number of nitrogens with zero attached hydrogens (tertiary/aromatic N) is 2. The number of methoxy groups -OCH3 is 1. The molecule has 29 heavy (non-hydrogen) atoms. The van der Waals surface area contributed by atoms with Gasteiger partial charge in [-0.1, -0.05) is 25.0 Å². The van der Waals surface area contributed by atoms with Crippen LogP contribution in [-0.4, -0.2) is 58.9 Å². The molecule has 2 aliphatic rings. The molecule has 1 heterocycles. The zero-order valence-corrected chi connectivity index (χ0v) is 17.7. The molecule has 1 aliphatic heterocycles. The predicted molar refractivity (Wildman–Crippen MR) is 116 cm³/mol. The summed E-state index contributed by atoms with van der Waals surface area (Å²) in [5.41, 5.74) is 1.17. The van der Waals surface area contributed by atoms with E-state index in [4.69, 9.17) is 9.47 Å². The van der Waals surface area contributed by atoms with Gasteiger partial charge in [0.2, 0.25) is 0 Å². The van der Waals surface area contributed by atoms with Gasteiger partial charge in [-0.25, -0.2) is 0 Å². The summed E-state index contributed by atoms with van der Waals surface area (Å²) in [5.74, 6) is 1.60. The molecular weight excluding hydrogens is 368 g/mol. The number of fused-ring (bicyclic) bond motifs is 1. The monoisotopic (exact) mass is 402 g/mol. The van der Waals surface area contributed by atoms with Crippen molar-refractivity contribution in [1.82, 2.24) is 10.6 Å². The van der Waals surface area contributed by atoms with Crippen LogP contribution in [0.25, 0.3) is 0 Å². The second-order valence-corrected chi connectivity index (χ2v) is 7.96. The summed E-state index contributed by atoms with van der Waals surface area (Å²) in [6.45, 7) is 3.24. The smallest absolute Gasteiger partial charge is 0.265 e. The largest absolute Gasteiger partial charge is 0.482 e. The van der Waals surface area contributed by atoms with Crippen LogP contribution < -0.4 is 20.3 Å². The molecule has 0 atom stereocenters. The number of anilines is 1. The molecule has 7 heteroatoms. The fourth-order valence-corrected chi connectivity index (χ4v) is 4.29. The number of benzene rings is 1. The van der Waals surface area contributed by atoms with Gasteiger partial charge in [0.15, 0.2) is 12.6 Å². The number of aliphatic imine (C=N–C) groups is 1. The van der Waals surface area contributed by atoms with Crippen molar-refractivity contribution in [3.8, 4) is 5.75 Å². The van der Waals surface area contributed by atoms with E-state index in [9.17, 15) is 4.79 Å². The maximum Gasteiger partial charge on any atom is 0.265 e. The first kappa shape index (κ1) is 21.4. The normalized spacial score (nSPS) is 18.3. The fraction of sp³-hybridized carbons (Fsp3) is 0.636. The second-order valence-electron chi connectivity index (χ2n) is 7.96. The third-order valence-corrected chi connectivity index (χ3v) is 6.01. The molecule has 3 rings (SSSR count). The molecule has 0 bridgehead atoms. The fourth-order valence-electron chi connectivity index (χ4n) is 4.29. The lowest BCUT2D eigenvalue weighted by molar-refractivity contribution is -0.121. The van der Waals surface area contributed by atoms with Crippen molar-refractivity contribution < 1.29 is 14.3 Å². The summed E-state index contributed by atoms with van der Waals surface area (Å²) in [7, 11) is 3.57. The first-order valence-corrected chi connectivity index (χ1v) is 10.6. The summed E-state index contributed by atoms with van der Waals surface area (Å²) in [6.07, 6.45) is 7.01. The van der Waals surface area contributed by atoms with Gasteiger partial charge in [-0.05, 0) is 43.2 Å². The van der Waals surface area contributed by atoms with Crippen LogP contribution in [-0.2, 0) is 9.53 Å². The van der Waals surface area contributed by atoms with Crippen LogP contribution >= 0.6 is 0 Å². The molecule has 1 saturated carbocycles. The molecule has 1 aliphatic carbocycles. The summed E-state index contributed by atoms with van der Waals surface area (Å²) in [5, 5.41) is 6.89. The van der Waals surface area contributed by atoms with Crippen molar-refractivity contribution in [2.75, 3.05) is 51.9 Å². The number of amides is 1. The van der Waals surface area contributed by atoms with Gasteiger partial charge < -0.3 is 25.0 Å². The summed E-state index contributed by atoms with van der Waals surface area (Å²) < 4.78 is 10.8. The Bertz CT molecular complexity index is 701. The van der Waals surface area contributed by atoms with Gasteiger partial charge in [0.05, 0.1) is 5.69 Å². The summed E-state index contributed by atoms with van der Waals surface area (Å²) in [6, 6.07) is 7.69. The highest BCUT2D eigenvalue weighted by atomic mass is 16.5. The lowest BCUT2D eigenvalue weighted by Gasteiger charge is -2.30. The lowest BCUT2D eigenvalue weighted by Crippen LogP contribution is -2.44. The highest BCUT2D eigenvalue weighted by molar-refractivity contribution is 5.97. The second kappa shape index (κ2) is 10.5. The standard InChI is InChI=1S/C22H34N4O3/c1-23-21(25-17-22(12-15-28-2)10-5-6-11-22)24-13-7-14-26-18-8-3-4-9-19(18)29-16-20(26)27/h3-4,8-9H,5-7,10-17H2,1-2H3,(H2,23,24,25). The third kappa shape index (κ3) is 5.63. The Hall–Kier alpha value is -2.28. The average Bonchev–Trinajstić information content (AvgIpc) is 3.22. The quantitative estimate of drug-likeness (QED) is 0.377. The Morgan fingerprint density at radius 1 is 1.28 bits per heavy atom. The van der Waals surface area contributed by atoms with Gasteiger partial charge in [0.1, 0.15) is 5.75 Å². The molecule has 1 aromatic rings. The molecule has 1 fully saturated rings. The van der Waals surface area contributed by atoms with Gasteiger partial charge in [-0.2, -0.15) is 0 Å². The minimum atomic E-state index is 0.00697. The third-order valence-electron chi connectivity index (χ3n) is 6.01. The summed E-state index contributed by atoms with van der Waals surface area (Å²) >= 11 is 0. The van der Waals surface area contributed by atoms with Crippen molar-refractivity contribution in [2.24, 2.45) is 10.4 Å². The minimum Gasteiger partial charge on any atom is -0.482 e. The Morgan fingerprint density at radius 2 is 2.07 bits per heavy atom. The topological polar surface area (TPSA) is 75.2 Å². The molecule has 1 aromatic carbocycles. The maximum atomic E-state index is 12.2. The van der Waals surface area contributed by atoms with E-state index in [1.807, 2.05) is 29.2 Å². The maximum absolute atomic E-state index is 12.2. The minimum absolute atomic E-state index is 0.00697. The van der Waals surface area contributed by atoms with E-state index in [1.54, 1.807) is 14.2 Å². The van der Waals surface area contributed by atoms with Crippen molar-refractivity contribution in [1.29, 1.82) is 0 Å².